The van der Waals surface area contributed by atoms with Gasteiger partial charge in [0.1, 0.15) is 0 Å². The molecule has 2 amide bonds. The molecule has 0 aliphatic carbocycles. The number of nitrogens with zero attached hydrogens (tertiary/aromatic N) is 1. The summed E-state index contributed by atoms with van der Waals surface area (Å²) >= 11 is 0. The number of carbonyl (C=O) groups excluding carboxylic acids is 2. The highest BCUT2D eigenvalue weighted by Gasteiger charge is 2.31. The minimum absolute atomic E-state index is 0.0899. The number of anilines is 1. The van der Waals surface area contributed by atoms with Gasteiger partial charge in [-0.2, -0.15) is 0 Å². The summed E-state index contributed by atoms with van der Waals surface area (Å²) < 4.78 is 5.41. The molecule has 0 saturated carbocycles. The van der Waals surface area contributed by atoms with E-state index in [-0.39, 0.29) is 11.8 Å². The Kier molecular flexibility index (Phi) is 5.12. The second kappa shape index (κ2) is 7.86. The molecule has 1 atom stereocenters. The minimum atomic E-state index is -0.486. The van der Waals surface area contributed by atoms with E-state index in [0.717, 1.165) is 37.6 Å². The van der Waals surface area contributed by atoms with Crippen LogP contribution in [0.5, 0.6) is 0 Å². The first-order chi connectivity index (χ1) is 13.6. The van der Waals surface area contributed by atoms with Crippen molar-refractivity contribution in [3.8, 4) is 0 Å². The van der Waals surface area contributed by atoms with Gasteiger partial charge < -0.3 is 20.3 Å². The molecule has 2 N–H and O–H groups in total. The standard InChI is InChI=1S/C22H23N3O3/c1-15-19(21(26)17-5-3-2-4-6-17)20(24-22(27)23-15)16-7-9-18(10-8-16)25-11-13-28-14-12-25/h2-10,20H,11-14H2,1H3,(H2,23,24,27)/t20-/m1/s1. The Hall–Kier alpha value is -3.12. The van der Waals surface area contributed by atoms with E-state index >= 15 is 0 Å². The molecule has 2 aliphatic rings. The Bertz CT molecular complexity index is 900. The summed E-state index contributed by atoms with van der Waals surface area (Å²) in [5.74, 6) is -0.0899. The van der Waals surface area contributed by atoms with Crippen molar-refractivity contribution in [2.24, 2.45) is 0 Å². The summed E-state index contributed by atoms with van der Waals surface area (Å²) in [4.78, 5) is 27.5. The summed E-state index contributed by atoms with van der Waals surface area (Å²) in [7, 11) is 0. The van der Waals surface area contributed by atoms with Crippen molar-refractivity contribution in [1.29, 1.82) is 0 Å². The second-order valence-corrected chi connectivity index (χ2v) is 6.96. The molecule has 2 aromatic rings. The Balaban J connectivity index is 1.65. The maximum absolute atomic E-state index is 13.1. The topological polar surface area (TPSA) is 70.7 Å². The van der Waals surface area contributed by atoms with Gasteiger partial charge in [0, 0.05) is 35.6 Å². The summed E-state index contributed by atoms with van der Waals surface area (Å²) in [6, 6.07) is 16.4. The average molecular weight is 377 g/mol. The van der Waals surface area contributed by atoms with E-state index < -0.39 is 6.04 Å². The lowest BCUT2D eigenvalue weighted by Gasteiger charge is -2.31. The van der Waals surface area contributed by atoms with Crippen molar-refractivity contribution in [3.05, 3.63) is 77.0 Å². The van der Waals surface area contributed by atoms with Crippen LogP contribution in [0.25, 0.3) is 0 Å². The molecule has 1 saturated heterocycles. The Morgan fingerprint density at radius 3 is 2.39 bits per heavy atom. The zero-order valence-electron chi connectivity index (χ0n) is 15.8. The molecule has 2 heterocycles. The van der Waals surface area contributed by atoms with Gasteiger partial charge in [-0.15, -0.1) is 0 Å². The van der Waals surface area contributed by atoms with Crippen LogP contribution in [-0.2, 0) is 4.74 Å². The van der Waals surface area contributed by atoms with Crippen LogP contribution in [0.3, 0.4) is 0 Å². The van der Waals surface area contributed by atoms with Crippen LogP contribution in [0.1, 0.15) is 28.9 Å². The zero-order chi connectivity index (χ0) is 19.5. The SMILES string of the molecule is CC1=C(C(=O)c2ccccc2)[C@@H](c2ccc(N3CCOCC3)cc2)NC(=O)N1. The molecule has 2 aliphatic heterocycles. The molecule has 144 valence electrons. The number of amides is 2. The van der Waals surface area contributed by atoms with Crippen molar-refractivity contribution in [1.82, 2.24) is 10.6 Å². The lowest BCUT2D eigenvalue weighted by molar-refractivity contribution is 0.102. The van der Waals surface area contributed by atoms with E-state index in [2.05, 4.69) is 15.5 Å². The minimum Gasteiger partial charge on any atom is -0.378 e. The number of rotatable bonds is 4. The first-order valence-electron chi connectivity index (χ1n) is 9.44. The van der Waals surface area contributed by atoms with Crippen LogP contribution < -0.4 is 15.5 Å². The van der Waals surface area contributed by atoms with Crippen molar-refractivity contribution < 1.29 is 14.3 Å². The fourth-order valence-electron chi connectivity index (χ4n) is 3.69. The van der Waals surface area contributed by atoms with E-state index in [0.29, 0.717) is 16.8 Å². The van der Waals surface area contributed by atoms with E-state index in [1.165, 1.54) is 0 Å². The Morgan fingerprint density at radius 2 is 1.71 bits per heavy atom. The molecule has 6 heteroatoms. The van der Waals surface area contributed by atoms with Gasteiger partial charge in [-0.05, 0) is 24.6 Å². The van der Waals surface area contributed by atoms with Crippen molar-refractivity contribution in [3.63, 3.8) is 0 Å². The molecular formula is C22H23N3O3. The molecule has 2 aromatic carbocycles. The van der Waals surface area contributed by atoms with Crippen LogP contribution in [0.4, 0.5) is 10.5 Å². The van der Waals surface area contributed by atoms with Gasteiger partial charge in [0.25, 0.3) is 0 Å². The van der Waals surface area contributed by atoms with Gasteiger partial charge in [-0.25, -0.2) is 4.79 Å². The van der Waals surface area contributed by atoms with Crippen LogP contribution in [-0.4, -0.2) is 38.1 Å². The van der Waals surface area contributed by atoms with E-state index in [1.807, 2.05) is 42.5 Å². The third kappa shape index (κ3) is 3.64. The number of urea groups is 1. The van der Waals surface area contributed by atoms with E-state index in [4.69, 9.17) is 4.74 Å². The van der Waals surface area contributed by atoms with Crippen LogP contribution in [0.15, 0.2) is 65.9 Å². The van der Waals surface area contributed by atoms with Gasteiger partial charge in [0.2, 0.25) is 0 Å². The molecule has 1 fully saturated rings. The second-order valence-electron chi connectivity index (χ2n) is 6.96. The van der Waals surface area contributed by atoms with Crippen molar-refractivity contribution in [2.45, 2.75) is 13.0 Å². The quantitative estimate of drug-likeness (QED) is 0.804. The van der Waals surface area contributed by atoms with E-state index in [1.54, 1.807) is 19.1 Å². The predicted octanol–water partition coefficient (Wildman–Crippen LogP) is 3.03. The smallest absolute Gasteiger partial charge is 0.319 e. The maximum Gasteiger partial charge on any atom is 0.319 e. The molecule has 0 bridgehead atoms. The number of hydrogen-bond donors (Lipinski definition) is 2. The number of hydrogen-bond acceptors (Lipinski definition) is 4. The summed E-state index contributed by atoms with van der Waals surface area (Å²) in [6.07, 6.45) is 0. The summed E-state index contributed by atoms with van der Waals surface area (Å²) in [5.41, 5.74) is 3.74. The molecule has 0 spiro atoms. The van der Waals surface area contributed by atoms with E-state index in [9.17, 15) is 9.59 Å². The monoisotopic (exact) mass is 377 g/mol. The highest BCUT2D eigenvalue weighted by Crippen LogP contribution is 2.30. The number of ether oxygens (including phenoxy) is 1. The number of allylic oxidation sites excluding steroid dienone is 1. The van der Waals surface area contributed by atoms with Crippen molar-refractivity contribution >= 4 is 17.5 Å². The number of nitrogens with one attached hydrogen (secondary N) is 2. The molecule has 0 radical (unpaired) electrons. The fraction of sp³-hybridized carbons (Fsp3) is 0.273. The first kappa shape index (κ1) is 18.3. The number of carbonyl (C=O) groups is 2. The van der Waals surface area contributed by atoms with Crippen LogP contribution in [0.2, 0.25) is 0 Å². The van der Waals surface area contributed by atoms with Crippen LogP contribution >= 0.6 is 0 Å². The fourth-order valence-corrected chi connectivity index (χ4v) is 3.69. The number of Topliss-reactive ketones (excluding diaryl/α,β-unsaturated/α-hetero) is 1. The average Bonchev–Trinajstić information content (AvgIpc) is 2.74. The summed E-state index contributed by atoms with van der Waals surface area (Å²) in [5, 5.41) is 5.63. The van der Waals surface area contributed by atoms with Gasteiger partial charge in [-0.3, -0.25) is 4.79 Å². The number of ketones is 1. The molecule has 4 rings (SSSR count). The lowest BCUT2D eigenvalue weighted by Crippen LogP contribution is -2.45. The predicted molar refractivity (Wildman–Crippen MR) is 107 cm³/mol. The molecule has 6 nitrogen and oxygen atoms in total. The lowest BCUT2D eigenvalue weighted by atomic mass is 9.89. The normalized spacial score (nSPS) is 19.8. The molecule has 0 aromatic heterocycles. The molecular weight excluding hydrogens is 354 g/mol. The van der Waals surface area contributed by atoms with Gasteiger partial charge in [-0.1, -0.05) is 42.5 Å². The van der Waals surface area contributed by atoms with Gasteiger partial charge >= 0.3 is 6.03 Å². The third-order valence-corrected chi connectivity index (χ3v) is 5.15. The Labute approximate surface area is 164 Å². The van der Waals surface area contributed by atoms with Crippen LogP contribution in [0, 0.1) is 0 Å². The first-order valence-corrected chi connectivity index (χ1v) is 9.44. The Morgan fingerprint density at radius 1 is 1.04 bits per heavy atom. The summed E-state index contributed by atoms with van der Waals surface area (Å²) in [6.45, 7) is 4.94. The highest BCUT2D eigenvalue weighted by atomic mass is 16.5. The number of benzene rings is 2. The molecule has 28 heavy (non-hydrogen) atoms. The van der Waals surface area contributed by atoms with Crippen molar-refractivity contribution in [2.75, 3.05) is 31.2 Å². The van der Waals surface area contributed by atoms with Gasteiger partial charge in [0.05, 0.1) is 19.3 Å². The molecule has 0 unspecified atom stereocenters. The van der Waals surface area contributed by atoms with Gasteiger partial charge in [0.15, 0.2) is 5.78 Å². The third-order valence-electron chi connectivity index (χ3n) is 5.15. The maximum atomic E-state index is 13.1. The largest absolute Gasteiger partial charge is 0.378 e. The number of morpholine rings is 1. The zero-order valence-corrected chi connectivity index (χ0v) is 15.8. The highest BCUT2D eigenvalue weighted by molar-refractivity contribution is 6.11.